The van der Waals surface area contributed by atoms with Crippen LogP contribution in [0.15, 0.2) is 0 Å². The Morgan fingerprint density at radius 3 is 2.55 bits per heavy atom. The molecule has 0 aromatic rings. The van der Waals surface area contributed by atoms with Crippen molar-refractivity contribution >= 4 is 35.3 Å². The van der Waals surface area contributed by atoms with Gasteiger partial charge >= 0.3 is 0 Å². The van der Waals surface area contributed by atoms with E-state index in [1.807, 2.05) is 0 Å². The van der Waals surface area contributed by atoms with Crippen LogP contribution in [0.1, 0.15) is 12.8 Å². The summed E-state index contributed by atoms with van der Waals surface area (Å²) in [7, 11) is 0. The van der Waals surface area contributed by atoms with Crippen molar-refractivity contribution in [3.05, 3.63) is 0 Å². The molecule has 0 spiro atoms. The molecule has 0 aromatic carbocycles. The highest BCUT2D eigenvalue weighted by Gasteiger charge is 2.23. The van der Waals surface area contributed by atoms with Gasteiger partial charge in [-0.3, -0.25) is 0 Å². The van der Waals surface area contributed by atoms with E-state index in [-0.39, 0.29) is 0 Å². The molecule has 3 heteroatoms. The van der Waals surface area contributed by atoms with Crippen molar-refractivity contribution in [2.75, 3.05) is 23.0 Å². The van der Waals surface area contributed by atoms with Gasteiger partial charge in [0, 0.05) is 27.8 Å². The molecule has 11 heavy (non-hydrogen) atoms. The quantitative estimate of drug-likeness (QED) is 0.484. The van der Waals surface area contributed by atoms with Crippen molar-refractivity contribution in [2.45, 2.75) is 23.3 Å². The van der Waals surface area contributed by atoms with Crippen LogP contribution in [0.25, 0.3) is 0 Å². The van der Waals surface area contributed by atoms with Gasteiger partial charge in [-0.05, 0) is 18.6 Å². The Morgan fingerprint density at radius 2 is 1.91 bits per heavy atom. The summed E-state index contributed by atoms with van der Waals surface area (Å²) in [4.78, 5) is 0. The maximum Gasteiger partial charge on any atom is 0.0229 e. The molecule has 2 saturated heterocycles. The molecule has 2 unspecified atom stereocenters. The molecule has 0 amide bonds. The van der Waals surface area contributed by atoms with Gasteiger partial charge in [-0.1, -0.05) is 0 Å². The van der Waals surface area contributed by atoms with Crippen LogP contribution >= 0.6 is 35.3 Å². The molecule has 0 bridgehead atoms. The minimum absolute atomic E-state index is 1.04. The standard InChI is InChI=1S/C8H14S3/c1(2-7-5-10-7)3-9-4-8-6-11-8/h7-8H,1-6H2. The highest BCUT2D eigenvalue weighted by atomic mass is 32.2. The average Bonchev–Trinajstić information content (AvgIpc) is 2.83. The molecular weight excluding hydrogens is 192 g/mol. The predicted octanol–water partition coefficient (Wildman–Crippen LogP) is 2.73. The van der Waals surface area contributed by atoms with Crippen LogP contribution in [-0.2, 0) is 0 Å². The second kappa shape index (κ2) is 4.33. The van der Waals surface area contributed by atoms with Gasteiger partial charge in [-0.15, -0.1) is 0 Å². The summed E-state index contributed by atoms with van der Waals surface area (Å²) in [6.07, 6.45) is 2.94. The molecule has 0 saturated carbocycles. The summed E-state index contributed by atoms with van der Waals surface area (Å²) in [6.45, 7) is 0. The van der Waals surface area contributed by atoms with Gasteiger partial charge in [-0.2, -0.15) is 35.3 Å². The molecule has 0 aromatic heterocycles. The lowest BCUT2D eigenvalue weighted by Gasteiger charge is -1.97. The predicted molar refractivity (Wildman–Crippen MR) is 59.1 cm³/mol. The summed E-state index contributed by atoms with van der Waals surface area (Å²) >= 11 is 6.42. The molecule has 64 valence electrons. The summed E-state index contributed by atoms with van der Waals surface area (Å²) < 4.78 is 0. The first-order chi connectivity index (χ1) is 5.45. The number of thioether (sulfide) groups is 3. The molecule has 0 radical (unpaired) electrons. The minimum Gasteiger partial charge on any atom is -0.161 e. The van der Waals surface area contributed by atoms with Crippen LogP contribution < -0.4 is 0 Å². The van der Waals surface area contributed by atoms with Crippen molar-refractivity contribution in [3.63, 3.8) is 0 Å². The third kappa shape index (κ3) is 4.00. The van der Waals surface area contributed by atoms with Gasteiger partial charge in [0.2, 0.25) is 0 Å². The highest BCUT2D eigenvalue weighted by Crippen LogP contribution is 2.35. The lowest BCUT2D eigenvalue weighted by atomic mass is 10.3. The molecule has 0 nitrogen and oxygen atoms in total. The topological polar surface area (TPSA) is 0 Å². The van der Waals surface area contributed by atoms with E-state index >= 15 is 0 Å². The largest absolute Gasteiger partial charge is 0.161 e. The Labute approximate surface area is 81.7 Å². The second-order valence-electron chi connectivity index (χ2n) is 3.13. The van der Waals surface area contributed by atoms with Gasteiger partial charge in [0.25, 0.3) is 0 Å². The number of hydrogen-bond donors (Lipinski definition) is 0. The van der Waals surface area contributed by atoms with Crippen molar-refractivity contribution in [1.82, 2.24) is 0 Å². The van der Waals surface area contributed by atoms with Gasteiger partial charge in [0.1, 0.15) is 0 Å². The molecule has 0 N–H and O–H groups in total. The Hall–Kier alpha value is 1.05. The molecule has 2 aliphatic rings. The Bertz CT molecular complexity index is 105. The van der Waals surface area contributed by atoms with Crippen molar-refractivity contribution in [3.8, 4) is 0 Å². The molecule has 2 heterocycles. The maximum atomic E-state index is 2.16. The van der Waals surface area contributed by atoms with Crippen molar-refractivity contribution < 1.29 is 0 Å². The second-order valence-corrected chi connectivity index (χ2v) is 6.94. The first-order valence-electron chi connectivity index (χ1n) is 4.26. The van der Waals surface area contributed by atoms with Gasteiger partial charge in [-0.25, -0.2) is 0 Å². The van der Waals surface area contributed by atoms with Crippen LogP contribution in [0.2, 0.25) is 0 Å². The average molecular weight is 206 g/mol. The monoisotopic (exact) mass is 206 g/mol. The zero-order chi connectivity index (χ0) is 7.52. The lowest BCUT2D eigenvalue weighted by molar-refractivity contribution is 0.839. The highest BCUT2D eigenvalue weighted by molar-refractivity contribution is 8.08. The fourth-order valence-corrected chi connectivity index (χ4v) is 3.66. The number of rotatable bonds is 6. The minimum atomic E-state index is 1.04. The molecular formula is C8H14S3. The zero-order valence-electron chi connectivity index (χ0n) is 6.62. The molecule has 0 aliphatic carbocycles. The van der Waals surface area contributed by atoms with E-state index in [0.29, 0.717) is 0 Å². The molecule has 2 rings (SSSR count). The SMILES string of the molecule is C(CSCC1CS1)CC1CS1. The summed E-state index contributed by atoms with van der Waals surface area (Å²) in [5.41, 5.74) is 0. The number of hydrogen-bond acceptors (Lipinski definition) is 3. The van der Waals surface area contributed by atoms with Crippen LogP contribution in [0.4, 0.5) is 0 Å². The summed E-state index contributed by atoms with van der Waals surface area (Å²) in [6, 6.07) is 0. The first kappa shape index (κ1) is 8.64. The fourth-order valence-electron chi connectivity index (χ4n) is 1.03. The third-order valence-corrected chi connectivity index (χ3v) is 5.36. The van der Waals surface area contributed by atoms with Gasteiger partial charge in [0.05, 0.1) is 0 Å². The van der Waals surface area contributed by atoms with Crippen LogP contribution in [0.5, 0.6) is 0 Å². The Morgan fingerprint density at radius 1 is 1.18 bits per heavy atom. The van der Waals surface area contributed by atoms with E-state index in [2.05, 4.69) is 35.3 Å². The molecule has 2 aliphatic heterocycles. The zero-order valence-corrected chi connectivity index (χ0v) is 9.07. The molecule has 2 fully saturated rings. The lowest BCUT2D eigenvalue weighted by Crippen LogP contribution is -1.91. The van der Waals surface area contributed by atoms with E-state index < -0.39 is 0 Å². The first-order valence-corrected chi connectivity index (χ1v) is 7.51. The summed E-state index contributed by atoms with van der Waals surface area (Å²) in [5.74, 6) is 5.71. The van der Waals surface area contributed by atoms with Crippen LogP contribution in [0.3, 0.4) is 0 Å². The summed E-state index contributed by atoms with van der Waals surface area (Å²) in [5, 5.41) is 2.10. The normalized spacial score (nSPS) is 33.8. The smallest absolute Gasteiger partial charge is 0.0229 e. The van der Waals surface area contributed by atoms with E-state index in [1.165, 1.54) is 35.9 Å². The van der Waals surface area contributed by atoms with E-state index in [0.717, 1.165) is 10.5 Å². The Kier molecular flexibility index (Phi) is 3.40. The van der Waals surface area contributed by atoms with E-state index in [1.54, 1.807) is 0 Å². The third-order valence-electron chi connectivity index (χ3n) is 1.92. The fraction of sp³-hybridized carbons (Fsp3) is 1.00. The molecule has 2 atom stereocenters. The van der Waals surface area contributed by atoms with Crippen LogP contribution in [0, 0.1) is 0 Å². The van der Waals surface area contributed by atoms with Crippen molar-refractivity contribution in [2.24, 2.45) is 0 Å². The Balaban J connectivity index is 1.35. The van der Waals surface area contributed by atoms with E-state index in [9.17, 15) is 0 Å². The maximum absolute atomic E-state index is 2.16. The van der Waals surface area contributed by atoms with Crippen molar-refractivity contribution in [1.29, 1.82) is 0 Å². The van der Waals surface area contributed by atoms with Crippen LogP contribution in [-0.4, -0.2) is 33.5 Å². The van der Waals surface area contributed by atoms with Gasteiger partial charge < -0.3 is 0 Å². The van der Waals surface area contributed by atoms with E-state index in [4.69, 9.17) is 0 Å². The van der Waals surface area contributed by atoms with Gasteiger partial charge in [0.15, 0.2) is 0 Å².